The number of carbonyl (C=O) groups is 2. The smallest absolute Gasteiger partial charge is 0.363 e. The summed E-state index contributed by atoms with van der Waals surface area (Å²) in [6.07, 6.45) is 1.49. The first-order chi connectivity index (χ1) is 14.4. The first kappa shape index (κ1) is 21.0. The number of ether oxygens (including phenoxy) is 3. The average Bonchev–Trinajstić information content (AvgIpc) is 3.08. The molecule has 0 fully saturated rings. The molecule has 3 rings (SSSR count). The number of carbonyl (C=O) groups excluding carboxylic acids is 2. The van der Waals surface area contributed by atoms with Crippen LogP contribution in [0, 0.1) is 10.1 Å². The highest BCUT2D eigenvalue weighted by molar-refractivity contribution is 6.32. The number of hydrogen-bond acceptors (Lipinski definition) is 8. The van der Waals surface area contributed by atoms with E-state index in [2.05, 4.69) is 4.99 Å². The Morgan fingerprint density at radius 1 is 1.27 bits per heavy atom. The molecule has 2 aromatic carbocycles. The number of nitro groups is 1. The minimum absolute atomic E-state index is 0.0304. The average molecular weight is 431 g/mol. The fourth-order valence-corrected chi connectivity index (χ4v) is 2.67. The summed E-state index contributed by atoms with van der Waals surface area (Å²) in [7, 11) is 0. The molecule has 30 heavy (non-hydrogen) atoms. The topological polar surface area (TPSA) is 117 Å². The van der Waals surface area contributed by atoms with E-state index in [1.165, 1.54) is 24.3 Å². The zero-order chi connectivity index (χ0) is 21.7. The third-order valence-electron chi connectivity index (χ3n) is 3.86. The van der Waals surface area contributed by atoms with Crippen molar-refractivity contribution in [3.05, 3.63) is 74.4 Å². The van der Waals surface area contributed by atoms with Gasteiger partial charge in [0.05, 0.1) is 11.5 Å². The molecule has 154 valence electrons. The summed E-state index contributed by atoms with van der Waals surface area (Å²) >= 11 is 5.79. The van der Waals surface area contributed by atoms with Crippen LogP contribution in [0.2, 0.25) is 5.02 Å². The van der Waals surface area contributed by atoms with Crippen LogP contribution in [0.25, 0.3) is 6.08 Å². The molecule has 0 radical (unpaired) electrons. The van der Waals surface area contributed by atoms with Crippen LogP contribution in [0.1, 0.15) is 18.1 Å². The number of halogens is 1. The highest BCUT2D eigenvalue weighted by atomic mass is 35.5. The lowest BCUT2D eigenvalue weighted by Gasteiger charge is -2.05. The number of hydrogen-bond donors (Lipinski definition) is 0. The lowest BCUT2D eigenvalue weighted by Crippen LogP contribution is -2.14. The summed E-state index contributed by atoms with van der Waals surface area (Å²) in [5.41, 5.74) is 0.606. The van der Waals surface area contributed by atoms with Gasteiger partial charge in [0.2, 0.25) is 5.90 Å². The molecule has 10 heteroatoms. The van der Waals surface area contributed by atoms with E-state index in [0.717, 1.165) is 0 Å². The van der Waals surface area contributed by atoms with E-state index >= 15 is 0 Å². The molecular formula is C20H15ClN2O7. The Hall–Kier alpha value is -3.72. The Balaban J connectivity index is 1.75. The van der Waals surface area contributed by atoms with Crippen molar-refractivity contribution in [1.29, 1.82) is 0 Å². The molecule has 9 nitrogen and oxygen atoms in total. The van der Waals surface area contributed by atoms with E-state index in [0.29, 0.717) is 11.3 Å². The molecule has 0 bridgehead atoms. The Morgan fingerprint density at radius 3 is 2.67 bits per heavy atom. The summed E-state index contributed by atoms with van der Waals surface area (Å²) in [5, 5.41) is 11.0. The predicted octanol–water partition coefficient (Wildman–Crippen LogP) is 3.53. The molecule has 0 saturated heterocycles. The zero-order valence-electron chi connectivity index (χ0n) is 15.7. The van der Waals surface area contributed by atoms with Gasteiger partial charge in [-0.25, -0.2) is 14.6 Å². The van der Waals surface area contributed by atoms with Crippen LogP contribution in [0.5, 0.6) is 5.75 Å². The largest absolute Gasteiger partial charge is 0.482 e. The maximum absolute atomic E-state index is 12.1. The molecule has 1 aliphatic heterocycles. The van der Waals surface area contributed by atoms with Gasteiger partial charge < -0.3 is 14.2 Å². The quantitative estimate of drug-likeness (QED) is 0.285. The number of nitrogens with zero attached hydrogens (tertiary/aromatic N) is 2. The van der Waals surface area contributed by atoms with Crippen molar-refractivity contribution in [2.45, 2.75) is 6.92 Å². The number of esters is 2. The van der Waals surface area contributed by atoms with Crippen molar-refractivity contribution in [3.63, 3.8) is 0 Å². The predicted molar refractivity (Wildman–Crippen MR) is 107 cm³/mol. The molecular weight excluding hydrogens is 416 g/mol. The van der Waals surface area contributed by atoms with Crippen molar-refractivity contribution < 1.29 is 28.7 Å². The standard InChI is InChI=1S/C20H15ClN2O7/c1-2-28-18(24)11-29-14-6-3-12(4-7-14)9-16-20(25)30-19(22-16)13-5-8-15(21)17(10-13)23(26)27/h3-10H,2,11H2,1H3/b16-9-. The number of nitro benzene ring substituents is 1. The fraction of sp³-hybridized carbons (Fsp3) is 0.150. The molecule has 0 amide bonds. The van der Waals surface area contributed by atoms with Gasteiger partial charge in [-0.1, -0.05) is 23.7 Å². The zero-order valence-corrected chi connectivity index (χ0v) is 16.4. The Labute approximate surface area is 175 Å². The van der Waals surface area contributed by atoms with Crippen LogP contribution in [-0.4, -0.2) is 36.0 Å². The lowest BCUT2D eigenvalue weighted by atomic mass is 10.2. The molecule has 1 heterocycles. The first-order valence-electron chi connectivity index (χ1n) is 8.72. The maximum Gasteiger partial charge on any atom is 0.363 e. The molecule has 0 aliphatic carbocycles. The van der Waals surface area contributed by atoms with Crippen molar-refractivity contribution in [2.75, 3.05) is 13.2 Å². The van der Waals surface area contributed by atoms with Crippen LogP contribution in [-0.2, 0) is 19.1 Å². The molecule has 0 spiro atoms. The second-order valence-electron chi connectivity index (χ2n) is 5.92. The Bertz CT molecular complexity index is 1060. The minimum Gasteiger partial charge on any atom is -0.482 e. The molecule has 2 aromatic rings. The van der Waals surface area contributed by atoms with Crippen LogP contribution in [0.4, 0.5) is 5.69 Å². The number of benzene rings is 2. The number of rotatable bonds is 7. The van der Waals surface area contributed by atoms with E-state index < -0.39 is 16.9 Å². The molecule has 0 atom stereocenters. The molecule has 0 N–H and O–H groups in total. The van der Waals surface area contributed by atoms with Crippen LogP contribution in [0.15, 0.2) is 53.2 Å². The van der Waals surface area contributed by atoms with Gasteiger partial charge in [0.15, 0.2) is 12.3 Å². The second kappa shape index (κ2) is 9.19. The van der Waals surface area contributed by atoms with Gasteiger partial charge >= 0.3 is 11.9 Å². The summed E-state index contributed by atoms with van der Waals surface area (Å²) in [6, 6.07) is 10.6. The van der Waals surface area contributed by atoms with Gasteiger partial charge in [0, 0.05) is 11.6 Å². The van der Waals surface area contributed by atoms with Gasteiger partial charge in [-0.15, -0.1) is 0 Å². The second-order valence-corrected chi connectivity index (χ2v) is 6.33. The molecule has 1 aliphatic rings. The van der Waals surface area contributed by atoms with Crippen molar-refractivity contribution in [3.8, 4) is 5.75 Å². The molecule has 0 saturated carbocycles. The van der Waals surface area contributed by atoms with Crippen LogP contribution in [0.3, 0.4) is 0 Å². The Morgan fingerprint density at radius 2 is 2.00 bits per heavy atom. The van der Waals surface area contributed by atoms with Crippen molar-refractivity contribution in [1.82, 2.24) is 0 Å². The molecule has 0 unspecified atom stereocenters. The minimum atomic E-state index is -0.690. The lowest BCUT2D eigenvalue weighted by molar-refractivity contribution is -0.384. The fourth-order valence-electron chi connectivity index (χ4n) is 2.48. The van der Waals surface area contributed by atoms with Crippen LogP contribution >= 0.6 is 11.6 Å². The van der Waals surface area contributed by atoms with E-state index in [9.17, 15) is 19.7 Å². The first-order valence-corrected chi connectivity index (χ1v) is 9.10. The van der Waals surface area contributed by atoms with Crippen molar-refractivity contribution in [2.24, 2.45) is 4.99 Å². The normalized spacial score (nSPS) is 14.3. The highest BCUT2D eigenvalue weighted by Crippen LogP contribution is 2.27. The van der Waals surface area contributed by atoms with E-state index in [1.54, 1.807) is 31.2 Å². The molecule has 0 aromatic heterocycles. The van der Waals surface area contributed by atoms with Gasteiger partial charge in [-0.2, -0.15) is 0 Å². The van der Waals surface area contributed by atoms with Gasteiger partial charge in [0.1, 0.15) is 10.8 Å². The maximum atomic E-state index is 12.1. The number of cyclic esters (lactones) is 1. The third-order valence-corrected chi connectivity index (χ3v) is 4.18. The highest BCUT2D eigenvalue weighted by Gasteiger charge is 2.26. The summed E-state index contributed by atoms with van der Waals surface area (Å²) in [6.45, 7) is 1.77. The summed E-state index contributed by atoms with van der Waals surface area (Å²) in [5.74, 6) is -0.760. The Kier molecular flexibility index (Phi) is 6.43. The summed E-state index contributed by atoms with van der Waals surface area (Å²) in [4.78, 5) is 37.9. The van der Waals surface area contributed by atoms with E-state index in [4.69, 9.17) is 25.8 Å². The monoisotopic (exact) mass is 430 g/mol. The third kappa shape index (κ3) is 5.00. The van der Waals surface area contributed by atoms with Gasteiger partial charge in [-0.3, -0.25) is 10.1 Å². The van der Waals surface area contributed by atoms with Crippen molar-refractivity contribution >= 4 is 41.2 Å². The number of aliphatic imine (C=N–C) groups is 1. The summed E-state index contributed by atoms with van der Waals surface area (Å²) < 4.78 is 15.2. The van der Waals surface area contributed by atoms with E-state index in [1.807, 2.05) is 0 Å². The van der Waals surface area contributed by atoms with Gasteiger partial charge in [0.25, 0.3) is 5.69 Å². The van der Waals surface area contributed by atoms with E-state index in [-0.39, 0.29) is 41.1 Å². The van der Waals surface area contributed by atoms with Crippen LogP contribution < -0.4 is 4.74 Å². The van der Waals surface area contributed by atoms with Gasteiger partial charge in [-0.05, 0) is 42.8 Å². The SMILES string of the molecule is CCOC(=O)COc1ccc(/C=C2\N=C(c3ccc(Cl)c([N+](=O)[O-])c3)OC2=O)cc1.